The van der Waals surface area contributed by atoms with Crippen molar-refractivity contribution in [1.82, 2.24) is 15.2 Å². The summed E-state index contributed by atoms with van der Waals surface area (Å²) in [5.41, 5.74) is 0.877. The zero-order valence-corrected chi connectivity index (χ0v) is 13.9. The minimum absolute atomic E-state index is 0.0556. The van der Waals surface area contributed by atoms with Crippen LogP contribution in [-0.4, -0.2) is 34.8 Å². The van der Waals surface area contributed by atoms with Crippen LogP contribution in [0.2, 0.25) is 0 Å². The third kappa shape index (κ3) is 3.71. The average molecular weight is 315 g/mol. The van der Waals surface area contributed by atoms with E-state index >= 15 is 0 Å². The molecule has 1 N–H and O–H groups in total. The standard InChI is InChI=1S/C18H25N3O2/c1-12-10-15(12)18(23)21-9-5-6-14(11-21)17(20-13(2)22)16-7-3-4-8-19-16/h3-4,7-8,12,14-15,17H,5-6,9-11H2,1-2H3,(H,20,22)/t12-,14+,15+,17+/m1/s1. The van der Waals surface area contributed by atoms with E-state index in [9.17, 15) is 9.59 Å². The average Bonchev–Trinajstić information content (AvgIpc) is 3.29. The summed E-state index contributed by atoms with van der Waals surface area (Å²) in [4.78, 5) is 30.6. The first kappa shape index (κ1) is 16.0. The molecule has 0 unspecified atom stereocenters. The Balaban J connectivity index is 1.73. The minimum atomic E-state index is -0.124. The summed E-state index contributed by atoms with van der Waals surface area (Å²) in [6.07, 6.45) is 4.77. The van der Waals surface area contributed by atoms with Crippen LogP contribution in [0, 0.1) is 17.8 Å². The lowest BCUT2D eigenvalue weighted by Crippen LogP contribution is -2.45. The van der Waals surface area contributed by atoms with Gasteiger partial charge in [0.05, 0.1) is 11.7 Å². The van der Waals surface area contributed by atoms with Crippen molar-refractivity contribution in [3.63, 3.8) is 0 Å². The number of carbonyl (C=O) groups excluding carboxylic acids is 2. The largest absolute Gasteiger partial charge is 0.348 e. The number of pyridine rings is 1. The molecule has 2 aliphatic rings. The second-order valence-corrected chi connectivity index (χ2v) is 6.94. The number of amides is 2. The van der Waals surface area contributed by atoms with Gasteiger partial charge in [-0.1, -0.05) is 13.0 Å². The van der Waals surface area contributed by atoms with Crippen molar-refractivity contribution in [3.8, 4) is 0 Å². The van der Waals surface area contributed by atoms with Gasteiger partial charge in [-0.2, -0.15) is 0 Å². The van der Waals surface area contributed by atoms with E-state index in [0.717, 1.165) is 31.5 Å². The van der Waals surface area contributed by atoms with Crippen LogP contribution in [0.25, 0.3) is 0 Å². The number of hydrogen-bond donors (Lipinski definition) is 1. The Kier molecular flexibility index (Phi) is 4.64. The van der Waals surface area contributed by atoms with E-state index < -0.39 is 0 Å². The van der Waals surface area contributed by atoms with Gasteiger partial charge >= 0.3 is 0 Å². The summed E-state index contributed by atoms with van der Waals surface area (Å²) >= 11 is 0. The molecule has 2 heterocycles. The maximum absolute atomic E-state index is 12.5. The number of nitrogens with zero attached hydrogens (tertiary/aromatic N) is 2. The molecule has 0 aromatic carbocycles. The van der Waals surface area contributed by atoms with Gasteiger partial charge in [0.25, 0.3) is 0 Å². The number of hydrogen-bond acceptors (Lipinski definition) is 3. The van der Waals surface area contributed by atoms with Gasteiger partial charge in [-0.3, -0.25) is 14.6 Å². The monoisotopic (exact) mass is 315 g/mol. The number of aromatic nitrogens is 1. The lowest BCUT2D eigenvalue weighted by atomic mass is 9.88. The first-order valence-electron chi connectivity index (χ1n) is 8.53. The summed E-state index contributed by atoms with van der Waals surface area (Å²) in [5.74, 6) is 1.22. The minimum Gasteiger partial charge on any atom is -0.348 e. The van der Waals surface area contributed by atoms with Gasteiger partial charge in [-0.15, -0.1) is 0 Å². The van der Waals surface area contributed by atoms with E-state index in [1.165, 1.54) is 6.92 Å². The summed E-state index contributed by atoms with van der Waals surface area (Å²) in [6.45, 7) is 5.22. The van der Waals surface area contributed by atoms with Crippen molar-refractivity contribution >= 4 is 11.8 Å². The molecular formula is C18H25N3O2. The highest BCUT2D eigenvalue weighted by Gasteiger charge is 2.43. The van der Waals surface area contributed by atoms with Crippen LogP contribution in [0.15, 0.2) is 24.4 Å². The molecule has 1 aromatic heterocycles. The number of rotatable bonds is 4. The fourth-order valence-corrected chi connectivity index (χ4v) is 3.60. The van der Waals surface area contributed by atoms with Crippen LogP contribution < -0.4 is 5.32 Å². The van der Waals surface area contributed by atoms with Crippen molar-refractivity contribution in [2.75, 3.05) is 13.1 Å². The molecule has 1 saturated carbocycles. The van der Waals surface area contributed by atoms with Crippen LogP contribution in [-0.2, 0) is 9.59 Å². The van der Waals surface area contributed by atoms with Crippen molar-refractivity contribution < 1.29 is 9.59 Å². The molecule has 124 valence electrons. The molecule has 1 aliphatic heterocycles. The summed E-state index contributed by atoms with van der Waals surface area (Å²) in [6, 6.07) is 5.64. The van der Waals surface area contributed by atoms with Crippen LogP contribution in [0.1, 0.15) is 44.8 Å². The van der Waals surface area contributed by atoms with E-state index in [1.807, 2.05) is 23.1 Å². The maximum Gasteiger partial charge on any atom is 0.225 e. The molecule has 4 atom stereocenters. The predicted octanol–water partition coefficient (Wildman–Crippen LogP) is 2.15. The molecule has 23 heavy (non-hydrogen) atoms. The molecule has 5 heteroatoms. The lowest BCUT2D eigenvalue weighted by molar-refractivity contribution is -0.135. The molecule has 1 aliphatic carbocycles. The molecule has 0 radical (unpaired) electrons. The first-order chi connectivity index (χ1) is 11.1. The smallest absolute Gasteiger partial charge is 0.225 e. The van der Waals surface area contributed by atoms with E-state index in [2.05, 4.69) is 17.2 Å². The lowest BCUT2D eigenvalue weighted by Gasteiger charge is -2.37. The third-order valence-electron chi connectivity index (χ3n) is 5.03. The number of carbonyl (C=O) groups is 2. The molecule has 5 nitrogen and oxygen atoms in total. The van der Waals surface area contributed by atoms with Gasteiger partial charge in [0.15, 0.2) is 0 Å². The van der Waals surface area contributed by atoms with Gasteiger partial charge in [-0.05, 0) is 37.3 Å². The Morgan fingerprint density at radius 1 is 1.39 bits per heavy atom. The van der Waals surface area contributed by atoms with Gasteiger partial charge in [0.2, 0.25) is 11.8 Å². The Morgan fingerprint density at radius 3 is 2.78 bits per heavy atom. The van der Waals surface area contributed by atoms with E-state index in [0.29, 0.717) is 18.4 Å². The third-order valence-corrected chi connectivity index (χ3v) is 5.03. The van der Waals surface area contributed by atoms with Gasteiger partial charge < -0.3 is 10.2 Å². The number of nitrogens with one attached hydrogen (secondary N) is 1. The number of likely N-dealkylation sites (tertiary alicyclic amines) is 1. The van der Waals surface area contributed by atoms with E-state index in [-0.39, 0.29) is 23.8 Å². The summed E-state index contributed by atoms with van der Waals surface area (Å²) in [5, 5.41) is 3.04. The Bertz CT molecular complexity index is 575. The van der Waals surface area contributed by atoms with Crippen LogP contribution in [0.4, 0.5) is 0 Å². The molecule has 2 amide bonds. The Hall–Kier alpha value is -1.91. The second-order valence-electron chi connectivity index (χ2n) is 6.94. The zero-order valence-electron chi connectivity index (χ0n) is 13.9. The van der Waals surface area contributed by atoms with Gasteiger partial charge in [0, 0.05) is 38.0 Å². The van der Waals surface area contributed by atoms with Crippen LogP contribution >= 0.6 is 0 Å². The first-order valence-corrected chi connectivity index (χ1v) is 8.53. The SMILES string of the molecule is CC(=O)N[C@H](c1ccccn1)[C@H]1CCCN(C(=O)[C@H]2C[C@H]2C)C1. The van der Waals surface area contributed by atoms with Crippen LogP contribution in [0.5, 0.6) is 0 Å². The summed E-state index contributed by atoms with van der Waals surface area (Å²) < 4.78 is 0. The van der Waals surface area contributed by atoms with Crippen LogP contribution in [0.3, 0.4) is 0 Å². The highest BCUT2D eigenvalue weighted by atomic mass is 16.2. The predicted molar refractivity (Wildman–Crippen MR) is 87.4 cm³/mol. The fraction of sp³-hybridized carbons (Fsp3) is 0.611. The van der Waals surface area contributed by atoms with Crippen molar-refractivity contribution in [2.24, 2.45) is 17.8 Å². The molecular weight excluding hydrogens is 290 g/mol. The van der Waals surface area contributed by atoms with E-state index in [1.54, 1.807) is 6.20 Å². The Morgan fingerprint density at radius 2 is 2.17 bits per heavy atom. The molecule has 1 aromatic rings. The molecule has 0 bridgehead atoms. The van der Waals surface area contributed by atoms with Gasteiger partial charge in [0.1, 0.15) is 0 Å². The van der Waals surface area contributed by atoms with E-state index in [4.69, 9.17) is 0 Å². The fourth-order valence-electron chi connectivity index (χ4n) is 3.60. The molecule has 3 rings (SSSR count). The normalized spacial score (nSPS) is 28.1. The molecule has 2 fully saturated rings. The van der Waals surface area contributed by atoms with Crippen molar-refractivity contribution in [3.05, 3.63) is 30.1 Å². The summed E-state index contributed by atoms with van der Waals surface area (Å²) in [7, 11) is 0. The highest BCUT2D eigenvalue weighted by molar-refractivity contribution is 5.81. The topological polar surface area (TPSA) is 62.3 Å². The quantitative estimate of drug-likeness (QED) is 0.926. The highest BCUT2D eigenvalue weighted by Crippen LogP contribution is 2.40. The van der Waals surface area contributed by atoms with Crippen molar-refractivity contribution in [1.29, 1.82) is 0 Å². The van der Waals surface area contributed by atoms with Gasteiger partial charge in [-0.25, -0.2) is 0 Å². The Labute approximate surface area is 137 Å². The maximum atomic E-state index is 12.5. The molecule has 0 spiro atoms. The zero-order chi connectivity index (χ0) is 16.4. The second kappa shape index (κ2) is 6.69. The molecule has 1 saturated heterocycles. The number of piperidine rings is 1. The van der Waals surface area contributed by atoms with Crippen molar-refractivity contribution in [2.45, 2.75) is 39.2 Å².